The summed E-state index contributed by atoms with van der Waals surface area (Å²) in [6, 6.07) is 6.36. The number of anilines is 2. The molecule has 0 saturated heterocycles. The van der Waals surface area contributed by atoms with Gasteiger partial charge >= 0.3 is 6.01 Å². The van der Waals surface area contributed by atoms with Crippen LogP contribution in [0.5, 0.6) is 0 Å². The molecular formula is C11H12ClN3O. The van der Waals surface area contributed by atoms with Crippen molar-refractivity contribution in [3.8, 4) is 0 Å². The largest absolute Gasteiger partial charge is 0.407 e. The zero-order valence-corrected chi connectivity index (χ0v) is 9.88. The molecule has 0 bridgehead atoms. The van der Waals surface area contributed by atoms with E-state index in [0.717, 1.165) is 11.3 Å². The Hall–Kier alpha value is -1.55. The van der Waals surface area contributed by atoms with Crippen molar-refractivity contribution < 1.29 is 4.42 Å². The minimum absolute atomic E-state index is 0.224. The normalized spacial score (nSPS) is 10.4. The summed E-state index contributed by atoms with van der Waals surface area (Å²) >= 11 is 5.58. The second-order valence-corrected chi connectivity index (χ2v) is 3.77. The van der Waals surface area contributed by atoms with Crippen molar-refractivity contribution in [3.05, 3.63) is 35.2 Å². The Bertz CT molecular complexity index is 496. The number of nitrogens with zero attached hydrogens (tertiary/aromatic N) is 2. The van der Waals surface area contributed by atoms with Crippen molar-refractivity contribution in [2.24, 2.45) is 0 Å². The summed E-state index contributed by atoms with van der Waals surface area (Å²) in [6.45, 7) is 4.09. The van der Waals surface area contributed by atoms with Gasteiger partial charge in [0.1, 0.15) is 5.88 Å². The van der Waals surface area contributed by atoms with Crippen LogP contribution < -0.4 is 5.32 Å². The maximum atomic E-state index is 5.58. The first-order chi connectivity index (χ1) is 7.70. The minimum Gasteiger partial charge on any atom is -0.407 e. The Labute approximate surface area is 98.6 Å². The molecule has 0 radical (unpaired) electrons. The van der Waals surface area contributed by atoms with E-state index in [2.05, 4.69) is 28.5 Å². The molecule has 0 spiro atoms. The molecule has 2 rings (SSSR count). The molecule has 0 aliphatic carbocycles. The SMILES string of the molecule is Cc1cccc(Nc2nnc(CCl)o2)c1C. The number of halogens is 1. The third-order valence-corrected chi connectivity index (χ3v) is 2.66. The van der Waals surface area contributed by atoms with Gasteiger partial charge in [-0.2, -0.15) is 0 Å². The van der Waals surface area contributed by atoms with E-state index in [1.165, 1.54) is 5.56 Å². The molecule has 84 valence electrons. The third kappa shape index (κ3) is 2.17. The quantitative estimate of drug-likeness (QED) is 0.833. The number of alkyl halides is 1. The molecule has 0 fully saturated rings. The van der Waals surface area contributed by atoms with Gasteiger partial charge in [0.2, 0.25) is 5.89 Å². The first-order valence-corrected chi connectivity index (χ1v) is 5.45. The van der Waals surface area contributed by atoms with Crippen molar-refractivity contribution in [3.63, 3.8) is 0 Å². The van der Waals surface area contributed by atoms with Gasteiger partial charge in [-0.05, 0) is 31.0 Å². The van der Waals surface area contributed by atoms with Gasteiger partial charge in [-0.25, -0.2) is 0 Å². The second-order valence-electron chi connectivity index (χ2n) is 3.51. The molecule has 4 nitrogen and oxygen atoms in total. The summed E-state index contributed by atoms with van der Waals surface area (Å²) in [6.07, 6.45) is 0. The van der Waals surface area contributed by atoms with E-state index < -0.39 is 0 Å². The van der Waals surface area contributed by atoms with Gasteiger partial charge in [-0.3, -0.25) is 0 Å². The van der Waals surface area contributed by atoms with Crippen LogP contribution in [0.2, 0.25) is 0 Å². The summed E-state index contributed by atoms with van der Waals surface area (Å²) in [4.78, 5) is 0. The topological polar surface area (TPSA) is 51.0 Å². The lowest BCUT2D eigenvalue weighted by molar-refractivity contribution is 0.530. The first kappa shape index (κ1) is 11.0. The van der Waals surface area contributed by atoms with Gasteiger partial charge in [0, 0.05) is 5.69 Å². The Morgan fingerprint density at radius 3 is 2.81 bits per heavy atom. The Morgan fingerprint density at radius 1 is 1.31 bits per heavy atom. The van der Waals surface area contributed by atoms with Crippen LogP contribution >= 0.6 is 11.6 Å². The molecule has 0 aliphatic heterocycles. The summed E-state index contributed by atoms with van der Waals surface area (Å²) in [5.41, 5.74) is 3.33. The summed E-state index contributed by atoms with van der Waals surface area (Å²) < 4.78 is 5.27. The lowest BCUT2D eigenvalue weighted by atomic mass is 10.1. The van der Waals surface area contributed by atoms with Crippen molar-refractivity contribution in [1.29, 1.82) is 0 Å². The highest BCUT2D eigenvalue weighted by Crippen LogP contribution is 2.22. The van der Waals surface area contributed by atoms with Crippen LogP contribution in [0.15, 0.2) is 22.6 Å². The molecular weight excluding hydrogens is 226 g/mol. The van der Waals surface area contributed by atoms with Gasteiger partial charge in [0.25, 0.3) is 0 Å². The minimum atomic E-state index is 0.224. The highest BCUT2D eigenvalue weighted by molar-refractivity contribution is 6.16. The number of aryl methyl sites for hydroxylation is 1. The Balaban J connectivity index is 2.23. The summed E-state index contributed by atoms with van der Waals surface area (Å²) in [7, 11) is 0. The molecule has 0 unspecified atom stereocenters. The molecule has 1 aromatic carbocycles. The number of aromatic nitrogens is 2. The molecule has 5 heteroatoms. The Kier molecular flexibility index (Phi) is 3.10. The van der Waals surface area contributed by atoms with Gasteiger partial charge < -0.3 is 9.73 Å². The number of nitrogens with one attached hydrogen (secondary N) is 1. The molecule has 16 heavy (non-hydrogen) atoms. The van der Waals surface area contributed by atoms with Crippen LogP contribution in [0.3, 0.4) is 0 Å². The average Bonchev–Trinajstić information content (AvgIpc) is 2.73. The number of benzene rings is 1. The number of hydrogen-bond acceptors (Lipinski definition) is 4. The number of hydrogen-bond donors (Lipinski definition) is 1. The third-order valence-electron chi connectivity index (χ3n) is 2.43. The maximum absolute atomic E-state index is 5.58. The van der Waals surface area contributed by atoms with Crippen LogP contribution in [-0.2, 0) is 5.88 Å². The number of rotatable bonds is 3. The average molecular weight is 238 g/mol. The van der Waals surface area contributed by atoms with E-state index in [4.69, 9.17) is 16.0 Å². The molecule has 1 N–H and O–H groups in total. The van der Waals surface area contributed by atoms with Crippen molar-refractivity contribution >= 4 is 23.3 Å². The molecule has 2 aromatic rings. The van der Waals surface area contributed by atoms with Gasteiger partial charge in [-0.1, -0.05) is 17.2 Å². The van der Waals surface area contributed by atoms with Crippen LogP contribution in [0, 0.1) is 13.8 Å². The summed E-state index contributed by atoms with van der Waals surface area (Å²) in [5, 5.41) is 10.7. The molecule has 0 amide bonds. The van der Waals surface area contributed by atoms with Gasteiger partial charge in [-0.15, -0.1) is 16.7 Å². The van der Waals surface area contributed by atoms with Crippen molar-refractivity contribution in [1.82, 2.24) is 10.2 Å². The molecule has 0 aliphatic rings. The van der Waals surface area contributed by atoms with E-state index in [0.29, 0.717) is 11.9 Å². The highest BCUT2D eigenvalue weighted by atomic mass is 35.5. The lowest BCUT2D eigenvalue weighted by Crippen LogP contribution is -1.94. The van der Waals surface area contributed by atoms with E-state index in [1.54, 1.807) is 0 Å². The Morgan fingerprint density at radius 2 is 2.12 bits per heavy atom. The molecule has 0 atom stereocenters. The van der Waals surface area contributed by atoms with E-state index in [1.807, 2.05) is 19.1 Å². The fraction of sp³-hybridized carbons (Fsp3) is 0.273. The lowest BCUT2D eigenvalue weighted by Gasteiger charge is -2.07. The van der Waals surface area contributed by atoms with Crippen molar-refractivity contribution in [2.45, 2.75) is 19.7 Å². The maximum Gasteiger partial charge on any atom is 0.320 e. The van der Waals surface area contributed by atoms with E-state index in [-0.39, 0.29) is 5.88 Å². The van der Waals surface area contributed by atoms with Crippen LogP contribution in [0.25, 0.3) is 0 Å². The first-order valence-electron chi connectivity index (χ1n) is 4.92. The summed E-state index contributed by atoms with van der Waals surface area (Å²) in [5.74, 6) is 0.635. The van der Waals surface area contributed by atoms with Gasteiger partial charge in [0.15, 0.2) is 0 Å². The monoisotopic (exact) mass is 237 g/mol. The highest BCUT2D eigenvalue weighted by Gasteiger charge is 2.07. The zero-order chi connectivity index (χ0) is 11.5. The fourth-order valence-corrected chi connectivity index (χ4v) is 1.47. The standard InChI is InChI=1S/C11H12ClN3O/c1-7-4-3-5-9(8(7)2)13-11-15-14-10(6-12)16-11/h3-5H,6H2,1-2H3,(H,13,15). The predicted octanol–water partition coefficient (Wildman–Crippen LogP) is 3.17. The van der Waals surface area contributed by atoms with Crippen molar-refractivity contribution in [2.75, 3.05) is 5.32 Å². The fourth-order valence-electron chi connectivity index (χ4n) is 1.36. The van der Waals surface area contributed by atoms with Crippen LogP contribution in [-0.4, -0.2) is 10.2 Å². The zero-order valence-electron chi connectivity index (χ0n) is 9.12. The van der Waals surface area contributed by atoms with Crippen LogP contribution in [0.4, 0.5) is 11.7 Å². The van der Waals surface area contributed by atoms with E-state index in [9.17, 15) is 0 Å². The molecule has 1 aromatic heterocycles. The van der Waals surface area contributed by atoms with Gasteiger partial charge in [0.05, 0.1) is 0 Å². The second kappa shape index (κ2) is 4.53. The molecule has 1 heterocycles. The van der Waals surface area contributed by atoms with Crippen LogP contribution in [0.1, 0.15) is 17.0 Å². The molecule has 0 saturated carbocycles. The smallest absolute Gasteiger partial charge is 0.320 e. The predicted molar refractivity (Wildman–Crippen MR) is 63.1 cm³/mol. The van der Waals surface area contributed by atoms with E-state index >= 15 is 0 Å².